The number of rotatable bonds is 1. The number of carbonyl (C=O) groups is 1. The number of carbonyl (C=O) groups excluding carboxylic acids is 1. The lowest BCUT2D eigenvalue weighted by molar-refractivity contribution is -0.137. The van der Waals surface area contributed by atoms with Crippen LogP contribution in [0.3, 0.4) is 0 Å². The molecule has 1 unspecified atom stereocenters. The van der Waals surface area contributed by atoms with Gasteiger partial charge in [0.1, 0.15) is 0 Å². The Kier molecular flexibility index (Phi) is 2.69. The van der Waals surface area contributed by atoms with Crippen molar-refractivity contribution in [3.63, 3.8) is 0 Å². The van der Waals surface area contributed by atoms with E-state index in [2.05, 4.69) is 24.1 Å². The summed E-state index contributed by atoms with van der Waals surface area (Å²) < 4.78 is 0. The lowest BCUT2D eigenvalue weighted by atomic mass is 9.81. The fourth-order valence-electron chi connectivity index (χ4n) is 4.04. The van der Waals surface area contributed by atoms with Crippen molar-refractivity contribution in [2.45, 2.75) is 33.1 Å². The van der Waals surface area contributed by atoms with Crippen molar-refractivity contribution in [3.05, 3.63) is 0 Å². The topological polar surface area (TPSA) is 32.3 Å². The van der Waals surface area contributed by atoms with Gasteiger partial charge >= 0.3 is 0 Å². The summed E-state index contributed by atoms with van der Waals surface area (Å²) in [4.78, 5) is 14.8. The molecular formula is C14H24N2O. The molecule has 3 nitrogen and oxygen atoms in total. The molecule has 3 fully saturated rings. The van der Waals surface area contributed by atoms with Crippen LogP contribution in [-0.2, 0) is 4.79 Å². The Morgan fingerprint density at radius 3 is 2.41 bits per heavy atom. The van der Waals surface area contributed by atoms with Gasteiger partial charge in [-0.05, 0) is 30.1 Å². The van der Waals surface area contributed by atoms with Crippen LogP contribution in [0.25, 0.3) is 0 Å². The highest BCUT2D eigenvalue weighted by molar-refractivity contribution is 5.80. The lowest BCUT2D eigenvalue weighted by Crippen LogP contribution is -2.40. The fraction of sp³-hybridized carbons (Fsp3) is 0.929. The molecule has 0 spiro atoms. The van der Waals surface area contributed by atoms with Gasteiger partial charge in [-0.15, -0.1) is 0 Å². The number of likely N-dealkylation sites (tertiary alicyclic amines) is 1. The average molecular weight is 236 g/mol. The van der Waals surface area contributed by atoms with Crippen molar-refractivity contribution in [3.8, 4) is 0 Å². The highest BCUT2D eigenvalue weighted by Crippen LogP contribution is 2.44. The molecule has 0 aromatic rings. The monoisotopic (exact) mass is 236 g/mol. The zero-order chi connectivity index (χ0) is 12.0. The largest absolute Gasteiger partial charge is 0.342 e. The molecule has 0 aromatic carbocycles. The summed E-state index contributed by atoms with van der Waals surface area (Å²) in [5.41, 5.74) is 0.229. The first kappa shape index (κ1) is 11.5. The molecule has 1 amide bonds. The normalized spacial score (nSPS) is 39.6. The maximum atomic E-state index is 12.6. The molecule has 1 aliphatic carbocycles. The van der Waals surface area contributed by atoms with Gasteiger partial charge in [-0.25, -0.2) is 0 Å². The van der Waals surface area contributed by atoms with E-state index >= 15 is 0 Å². The first-order valence-electron chi connectivity index (χ1n) is 7.07. The maximum Gasteiger partial charge on any atom is 0.226 e. The zero-order valence-corrected chi connectivity index (χ0v) is 11.0. The van der Waals surface area contributed by atoms with Crippen LogP contribution >= 0.6 is 0 Å². The molecule has 3 rings (SSSR count). The van der Waals surface area contributed by atoms with Gasteiger partial charge in [-0.1, -0.05) is 20.3 Å². The molecule has 1 saturated carbocycles. The first-order chi connectivity index (χ1) is 8.08. The van der Waals surface area contributed by atoms with E-state index in [1.165, 1.54) is 12.8 Å². The number of amides is 1. The molecule has 2 aliphatic heterocycles. The van der Waals surface area contributed by atoms with Gasteiger partial charge in [-0.3, -0.25) is 4.79 Å². The zero-order valence-electron chi connectivity index (χ0n) is 11.0. The molecule has 2 heterocycles. The summed E-state index contributed by atoms with van der Waals surface area (Å²) in [6, 6.07) is 0. The molecule has 2 saturated heterocycles. The Labute approximate surface area is 104 Å². The van der Waals surface area contributed by atoms with E-state index < -0.39 is 0 Å². The second kappa shape index (κ2) is 3.98. The molecule has 3 heteroatoms. The van der Waals surface area contributed by atoms with Crippen LogP contribution in [0, 0.1) is 23.2 Å². The van der Waals surface area contributed by atoms with E-state index in [4.69, 9.17) is 0 Å². The third kappa shape index (κ3) is 1.88. The van der Waals surface area contributed by atoms with E-state index in [9.17, 15) is 4.79 Å². The third-order valence-electron chi connectivity index (χ3n) is 5.26. The number of nitrogens with one attached hydrogen (secondary N) is 1. The maximum absolute atomic E-state index is 12.6. The molecular weight excluding hydrogens is 212 g/mol. The van der Waals surface area contributed by atoms with Gasteiger partial charge in [0.2, 0.25) is 5.91 Å². The number of hydrogen-bond donors (Lipinski definition) is 1. The van der Waals surface area contributed by atoms with E-state index in [1.54, 1.807) is 0 Å². The molecule has 17 heavy (non-hydrogen) atoms. The van der Waals surface area contributed by atoms with Crippen molar-refractivity contribution in [1.29, 1.82) is 0 Å². The van der Waals surface area contributed by atoms with Gasteiger partial charge in [0.25, 0.3) is 0 Å². The standard InChI is InChI=1S/C14H24N2O/c1-14(2)5-3-4-12(14)13(17)16-8-10-6-15-7-11(10)9-16/h10-12,15H,3-9H2,1-2H3/t10-,11+,12?. The first-order valence-corrected chi connectivity index (χ1v) is 7.07. The van der Waals surface area contributed by atoms with Crippen LogP contribution in [0.1, 0.15) is 33.1 Å². The quantitative estimate of drug-likeness (QED) is 0.748. The third-order valence-corrected chi connectivity index (χ3v) is 5.26. The van der Waals surface area contributed by atoms with Crippen molar-refractivity contribution in [1.82, 2.24) is 10.2 Å². The predicted molar refractivity (Wildman–Crippen MR) is 67.6 cm³/mol. The molecule has 3 aliphatic rings. The summed E-state index contributed by atoms with van der Waals surface area (Å²) in [5, 5.41) is 3.43. The van der Waals surface area contributed by atoms with Gasteiger partial charge < -0.3 is 10.2 Å². The Bertz CT molecular complexity index is 314. The van der Waals surface area contributed by atoms with Crippen molar-refractivity contribution in [2.24, 2.45) is 23.2 Å². The Hall–Kier alpha value is -0.570. The van der Waals surface area contributed by atoms with Gasteiger partial charge in [-0.2, -0.15) is 0 Å². The molecule has 0 bridgehead atoms. The fourth-order valence-corrected chi connectivity index (χ4v) is 4.04. The van der Waals surface area contributed by atoms with Gasteiger partial charge in [0, 0.05) is 32.1 Å². The Morgan fingerprint density at radius 1 is 1.24 bits per heavy atom. The van der Waals surface area contributed by atoms with Crippen LogP contribution in [0.5, 0.6) is 0 Å². The summed E-state index contributed by atoms with van der Waals surface area (Å²) in [6.45, 7) is 8.76. The van der Waals surface area contributed by atoms with Gasteiger partial charge in [0.15, 0.2) is 0 Å². The molecule has 0 aromatic heterocycles. The number of nitrogens with zero attached hydrogens (tertiary/aromatic N) is 1. The second-order valence-electron chi connectivity index (χ2n) is 6.86. The van der Waals surface area contributed by atoms with E-state index in [0.717, 1.165) is 44.4 Å². The highest BCUT2D eigenvalue weighted by atomic mass is 16.2. The highest BCUT2D eigenvalue weighted by Gasteiger charge is 2.45. The summed E-state index contributed by atoms with van der Waals surface area (Å²) >= 11 is 0. The average Bonchev–Trinajstić information content (AvgIpc) is 2.88. The molecule has 3 atom stereocenters. The van der Waals surface area contributed by atoms with E-state index in [1.807, 2.05) is 0 Å². The lowest BCUT2D eigenvalue weighted by Gasteiger charge is -2.30. The second-order valence-corrected chi connectivity index (χ2v) is 6.86. The Morgan fingerprint density at radius 2 is 1.88 bits per heavy atom. The summed E-state index contributed by atoms with van der Waals surface area (Å²) in [6.07, 6.45) is 3.55. The van der Waals surface area contributed by atoms with Crippen LogP contribution in [0.15, 0.2) is 0 Å². The minimum absolute atomic E-state index is 0.229. The van der Waals surface area contributed by atoms with Gasteiger partial charge in [0.05, 0.1) is 0 Å². The number of fused-ring (bicyclic) bond motifs is 1. The minimum Gasteiger partial charge on any atom is -0.342 e. The SMILES string of the molecule is CC1(C)CCCC1C(=O)N1C[C@H]2CNC[C@H]2C1. The van der Waals surface area contributed by atoms with Crippen LogP contribution < -0.4 is 5.32 Å². The van der Waals surface area contributed by atoms with Crippen molar-refractivity contribution >= 4 is 5.91 Å². The van der Waals surface area contributed by atoms with Crippen LogP contribution in [-0.4, -0.2) is 37.0 Å². The Balaban J connectivity index is 1.67. The molecule has 1 N–H and O–H groups in total. The number of hydrogen-bond acceptors (Lipinski definition) is 2. The molecule has 96 valence electrons. The van der Waals surface area contributed by atoms with Crippen LogP contribution in [0.4, 0.5) is 0 Å². The minimum atomic E-state index is 0.229. The summed E-state index contributed by atoms with van der Waals surface area (Å²) in [5.74, 6) is 2.18. The molecule has 0 radical (unpaired) electrons. The van der Waals surface area contributed by atoms with Crippen molar-refractivity contribution in [2.75, 3.05) is 26.2 Å². The smallest absolute Gasteiger partial charge is 0.226 e. The van der Waals surface area contributed by atoms with E-state index in [-0.39, 0.29) is 11.3 Å². The van der Waals surface area contributed by atoms with Crippen molar-refractivity contribution < 1.29 is 4.79 Å². The predicted octanol–water partition coefficient (Wildman–Crippen LogP) is 1.49. The van der Waals surface area contributed by atoms with Crippen LogP contribution in [0.2, 0.25) is 0 Å². The summed E-state index contributed by atoms with van der Waals surface area (Å²) in [7, 11) is 0. The van der Waals surface area contributed by atoms with E-state index in [0.29, 0.717) is 5.91 Å².